The van der Waals surface area contributed by atoms with E-state index in [0.29, 0.717) is 21.9 Å². The zero-order valence-electron chi connectivity index (χ0n) is 19.4. The number of hydrogen-bond acceptors (Lipinski definition) is 8. The van der Waals surface area contributed by atoms with Crippen LogP contribution in [-0.2, 0) is 4.79 Å². The molecule has 1 aromatic heterocycles. The maximum absolute atomic E-state index is 11.8. The molecule has 0 saturated carbocycles. The van der Waals surface area contributed by atoms with Crippen LogP contribution in [0.25, 0.3) is 11.3 Å². The van der Waals surface area contributed by atoms with E-state index in [2.05, 4.69) is 10.4 Å². The van der Waals surface area contributed by atoms with E-state index in [1.165, 1.54) is 29.7 Å². The Bertz CT molecular complexity index is 1600. The average Bonchev–Trinajstić information content (AvgIpc) is 3.26. The molecule has 4 N–H and O–H groups in total. The highest BCUT2D eigenvalue weighted by atomic mass is 32.1. The van der Waals surface area contributed by atoms with Crippen molar-refractivity contribution in [3.05, 3.63) is 75.4 Å². The minimum absolute atomic E-state index is 0.0308. The van der Waals surface area contributed by atoms with Crippen molar-refractivity contribution in [1.82, 2.24) is 4.68 Å². The van der Waals surface area contributed by atoms with Crippen LogP contribution in [0.2, 0.25) is 0 Å². The quantitative estimate of drug-likeness (QED) is 0.243. The summed E-state index contributed by atoms with van der Waals surface area (Å²) in [5.41, 5.74) is 5.07. The lowest BCUT2D eigenvalue weighted by Gasteiger charge is -2.18. The van der Waals surface area contributed by atoms with E-state index >= 15 is 0 Å². The fourth-order valence-electron chi connectivity index (χ4n) is 3.68. The highest BCUT2D eigenvalue weighted by Crippen LogP contribution is 2.36. The highest BCUT2D eigenvalue weighted by Gasteiger charge is 2.18. The van der Waals surface area contributed by atoms with Gasteiger partial charge >= 0.3 is 0 Å². The smallest absolute Gasteiger partial charge is 0.262 e. The Morgan fingerprint density at radius 1 is 1.06 bits per heavy atom. The summed E-state index contributed by atoms with van der Waals surface area (Å²) < 4.78 is 7.08. The lowest BCUT2D eigenvalue weighted by molar-refractivity contribution is -0.118. The van der Waals surface area contributed by atoms with Crippen LogP contribution in [0.4, 0.5) is 11.4 Å². The van der Waals surface area contributed by atoms with Gasteiger partial charge in [0.25, 0.3) is 5.91 Å². The van der Waals surface area contributed by atoms with Crippen LogP contribution in [0.5, 0.6) is 23.0 Å². The van der Waals surface area contributed by atoms with Crippen LogP contribution in [0, 0.1) is 13.8 Å². The number of aromatic nitrogens is 1. The van der Waals surface area contributed by atoms with E-state index in [4.69, 9.17) is 9.73 Å². The number of phenols is 3. The lowest BCUT2D eigenvalue weighted by Crippen LogP contribution is -2.25. The number of nitrogens with zero attached hydrogens (tertiary/aromatic N) is 3. The van der Waals surface area contributed by atoms with Crippen molar-refractivity contribution in [3.8, 4) is 34.3 Å². The molecule has 182 valence electrons. The second-order valence-corrected chi connectivity index (χ2v) is 9.12. The summed E-state index contributed by atoms with van der Waals surface area (Å²) in [6.07, 6.45) is 1.37. The zero-order valence-corrected chi connectivity index (χ0v) is 20.2. The van der Waals surface area contributed by atoms with E-state index in [1.54, 1.807) is 16.8 Å². The van der Waals surface area contributed by atoms with Gasteiger partial charge in [0.15, 0.2) is 18.1 Å². The highest BCUT2D eigenvalue weighted by molar-refractivity contribution is 7.07. The molecule has 0 bridgehead atoms. The van der Waals surface area contributed by atoms with Gasteiger partial charge in [-0.25, -0.2) is 9.67 Å². The predicted octanol–water partition coefficient (Wildman–Crippen LogP) is 4.40. The van der Waals surface area contributed by atoms with Gasteiger partial charge in [-0.1, -0.05) is 12.1 Å². The minimum atomic E-state index is -0.625. The number of anilines is 1. The molecule has 1 amide bonds. The number of fused-ring (bicyclic) bond motifs is 1. The van der Waals surface area contributed by atoms with Crippen LogP contribution in [-0.4, -0.2) is 38.7 Å². The zero-order chi connectivity index (χ0) is 25.4. The number of hydrogen-bond donors (Lipinski definition) is 4. The van der Waals surface area contributed by atoms with E-state index < -0.39 is 17.2 Å². The first-order valence-electron chi connectivity index (χ1n) is 11.0. The monoisotopic (exact) mass is 502 g/mol. The summed E-state index contributed by atoms with van der Waals surface area (Å²) >= 11 is 1.38. The van der Waals surface area contributed by atoms with Crippen molar-refractivity contribution in [1.29, 1.82) is 0 Å². The van der Waals surface area contributed by atoms with Crippen molar-refractivity contribution in [3.63, 3.8) is 0 Å². The normalized spacial score (nSPS) is 13.5. The Hall–Kier alpha value is -4.57. The molecule has 0 aliphatic carbocycles. The average molecular weight is 503 g/mol. The van der Waals surface area contributed by atoms with Gasteiger partial charge in [0.05, 0.1) is 23.3 Å². The van der Waals surface area contributed by atoms with E-state index in [0.717, 1.165) is 22.4 Å². The number of phenolic OH excluding ortho intramolecular Hbond substituents is 3. The van der Waals surface area contributed by atoms with Gasteiger partial charge in [-0.2, -0.15) is 5.10 Å². The number of rotatable bonds is 4. The number of carbonyl (C=O) groups excluding carboxylic acids is 1. The van der Waals surface area contributed by atoms with E-state index in [9.17, 15) is 20.1 Å². The summed E-state index contributed by atoms with van der Waals surface area (Å²) in [5, 5.41) is 39.0. The van der Waals surface area contributed by atoms with Gasteiger partial charge < -0.3 is 25.4 Å². The van der Waals surface area contributed by atoms with Crippen LogP contribution in [0.15, 0.2) is 64.0 Å². The molecule has 10 heteroatoms. The first-order valence-corrected chi connectivity index (χ1v) is 11.9. The first-order chi connectivity index (χ1) is 17.3. The predicted molar refractivity (Wildman–Crippen MR) is 137 cm³/mol. The Balaban J connectivity index is 1.67. The summed E-state index contributed by atoms with van der Waals surface area (Å²) in [7, 11) is 0. The van der Waals surface area contributed by atoms with Crippen molar-refractivity contribution in [2.24, 2.45) is 10.1 Å². The maximum atomic E-state index is 11.8. The van der Waals surface area contributed by atoms with Crippen molar-refractivity contribution >= 4 is 34.8 Å². The van der Waals surface area contributed by atoms with Crippen LogP contribution in [0.3, 0.4) is 0 Å². The van der Waals surface area contributed by atoms with Crippen LogP contribution in [0.1, 0.15) is 16.7 Å². The Labute approximate surface area is 209 Å². The molecule has 0 spiro atoms. The SMILES string of the molecule is Cc1ccc(C)c(N=c2scc(-c3ccc4c(c3)NC(=O)CO4)n2N=Cc2ccc(O)c(O)c2O)c1. The number of nitrogens with one attached hydrogen (secondary N) is 1. The molecule has 0 radical (unpaired) electrons. The fourth-order valence-corrected chi connectivity index (χ4v) is 4.53. The largest absolute Gasteiger partial charge is 0.504 e. The summed E-state index contributed by atoms with van der Waals surface area (Å²) in [4.78, 5) is 17.2. The summed E-state index contributed by atoms with van der Waals surface area (Å²) in [5.74, 6) is -1.20. The molecule has 0 atom stereocenters. The molecule has 3 aromatic carbocycles. The molecule has 1 aliphatic heterocycles. The summed E-state index contributed by atoms with van der Waals surface area (Å²) in [6, 6.07) is 14.1. The van der Waals surface area contributed by atoms with Gasteiger partial charge in [0.2, 0.25) is 10.6 Å². The van der Waals surface area contributed by atoms with Gasteiger partial charge in [-0.15, -0.1) is 11.3 Å². The van der Waals surface area contributed by atoms with Crippen molar-refractivity contribution < 1.29 is 24.9 Å². The number of aromatic hydroxyl groups is 3. The Morgan fingerprint density at radius 2 is 1.89 bits per heavy atom. The number of aryl methyl sites for hydroxylation is 2. The third-order valence-corrected chi connectivity index (χ3v) is 6.46. The second kappa shape index (κ2) is 9.23. The van der Waals surface area contributed by atoms with Gasteiger partial charge in [-0.3, -0.25) is 4.79 Å². The van der Waals surface area contributed by atoms with Crippen molar-refractivity contribution in [2.75, 3.05) is 11.9 Å². The van der Waals surface area contributed by atoms with Gasteiger partial charge in [0, 0.05) is 16.5 Å². The molecular weight excluding hydrogens is 480 g/mol. The van der Waals surface area contributed by atoms with Crippen molar-refractivity contribution in [2.45, 2.75) is 13.8 Å². The minimum Gasteiger partial charge on any atom is -0.504 e. The Morgan fingerprint density at radius 3 is 2.72 bits per heavy atom. The van der Waals surface area contributed by atoms with Gasteiger partial charge in [-0.05, 0) is 61.4 Å². The standard InChI is InChI=1S/C26H22N4O5S/c1-14-3-4-15(2)18(9-14)29-26-30(27-11-17-5-7-21(31)25(34)24(17)33)20(13-36-26)16-6-8-22-19(10-16)28-23(32)12-35-22/h3-11,13,31,33-34H,12H2,1-2H3,(H,28,32). The number of thiazole rings is 1. The number of carbonyl (C=O) groups is 1. The molecule has 4 aromatic rings. The molecule has 5 rings (SSSR count). The van der Waals surface area contributed by atoms with Crippen LogP contribution < -0.4 is 14.9 Å². The molecule has 0 saturated heterocycles. The van der Waals surface area contributed by atoms with E-state index in [1.807, 2.05) is 43.5 Å². The van der Waals surface area contributed by atoms with Crippen LogP contribution >= 0.6 is 11.3 Å². The topological polar surface area (TPSA) is 129 Å². The maximum Gasteiger partial charge on any atom is 0.262 e. The molecule has 1 aliphatic rings. The number of ether oxygens (including phenoxy) is 1. The lowest BCUT2D eigenvalue weighted by atomic mass is 10.1. The number of benzene rings is 3. The summed E-state index contributed by atoms with van der Waals surface area (Å²) in [6.45, 7) is 3.94. The number of amides is 1. The molecule has 36 heavy (non-hydrogen) atoms. The second-order valence-electron chi connectivity index (χ2n) is 8.28. The molecule has 0 fully saturated rings. The first kappa shape index (κ1) is 23.2. The van der Waals surface area contributed by atoms with Gasteiger partial charge in [0.1, 0.15) is 5.75 Å². The third-order valence-electron chi connectivity index (χ3n) is 5.65. The Kier molecular flexibility index (Phi) is 5.95. The molecular formula is C26H22N4O5S. The fraction of sp³-hybridized carbons (Fsp3) is 0.115. The molecule has 9 nitrogen and oxygen atoms in total. The molecule has 0 unspecified atom stereocenters. The molecule has 2 heterocycles. The van der Waals surface area contributed by atoms with E-state index in [-0.39, 0.29) is 18.1 Å². The third kappa shape index (κ3) is 4.41.